The zero-order chi connectivity index (χ0) is 20.4. The standard InChI is InChI=1S/C22H37N5O.HI/c1-5-23-22(26-20-11-9-18(10-12-20)17(2)3)25-16-21(28)27(4)15-13-19-8-6-7-14-24-19;/h6-8,14,17-18,20H,5,9-13,15-16H2,1-4H3,(H2,23,25,26);1H. The highest BCUT2D eigenvalue weighted by Gasteiger charge is 2.23. The van der Waals surface area contributed by atoms with Crippen molar-refractivity contribution in [3.63, 3.8) is 0 Å². The number of carbonyl (C=O) groups is 1. The van der Waals surface area contributed by atoms with Gasteiger partial charge in [-0.1, -0.05) is 19.9 Å². The molecule has 1 amide bonds. The van der Waals surface area contributed by atoms with E-state index in [-0.39, 0.29) is 36.4 Å². The molecule has 0 aliphatic heterocycles. The van der Waals surface area contributed by atoms with Crippen molar-refractivity contribution in [1.82, 2.24) is 20.5 Å². The van der Waals surface area contributed by atoms with Crippen LogP contribution in [0.3, 0.4) is 0 Å². The Balaban J connectivity index is 0.00000420. The van der Waals surface area contributed by atoms with E-state index in [2.05, 4.69) is 34.5 Å². The van der Waals surface area contributed by atoms with Crippen LogP contribution in [-0.2, 0) is 11.2 Å². The van der Waals surface area contributed by atoms with E-state index in [4.69, 9.17) is 0 Å². The summed E-state index contributed by atoms with van der Waals surface area (Å²) in [4.78, 5) is 23.0. The number of carbonyl (C=O) groups excluding carboxylic acids is 1. The molecule has 0 saturated heterocycles. The molecule has 0 spiro atoms. The van der Waals surface area contributed by atoms with Crippen LogP contribution in [0.25, 0.3) is 0 Å². The van der Waals surface area contributed by atoms with E-state index < -0.39 is 0 Å². The Morgan fingerprint density at radius 2 is 2.00 bits per heavy atom. The molecule has 164 valence electrons. The lowest BCUT2D eigenvalue weighted by Gasteiger charge is -2.32. The number of hydrogen-bond donors (Lipinski definition) is 2. The van der Waals surface area contributed by atoms with E-state index in [1.165, 1.54) is 25.7 Å². The monoisotopic (exact) mass is 515 g/mol. The van der Waals surface area contributed by atoms with Gasteiger partial charge in [0.05, 0.1) is 0 Å². The van der Waals surface area contributed by atoms with Crippen molar-refractivity contribution in [1.29, 1.82) is 0 Å². The number of likely N-dealkylation sites (N-methyl/N-ethyl adjacent to an activating group) is 1. The van der Waals surface area contributed by atoms with Gasteiger partial charge in [-0.2, -0.15) is 0 Å². The van der Waals surface area contributed by atoms with Crippen LogP contribution in [0, 0.1) is 11.8 Å². The molecule has 0 unspecified atom stereocenters. The Hall–Kier alpha value is -1.38. The smallest absolute Gasteiger partial charge is 0.244 e. The molecular weight excluding hydrogens is 477 g/mol. The lowest BCUT2D eigenvalue weighted by molar-refractivity contribution is -0.128. The van der Waals surface area contributed by atoms with Crippen LogP contribution < -0.4 is 10.6 Å². The molecule has 0 radical (unpaired) electrons. The van der Waals surface area contributed by atoms with Crippen LogP contribution >= 0.6 is 24.0 Å². The topological polar surface area (TPSA) is 69.6 Å². The van der Waals surface area contributed by atoms with Gasteiger partial charge in [0.2, 0.25) is 5.91 Å². The Kier molecular flexibility index (Phi) is 12.2. The number of aliphatic imine (C=N–C) groups is 1. The summed E-state index contributed by atoms with van der Waals surface area (Å²) in [6.45, 7) is 8.29. The maximum absolute atomic E-state index is 12.4. The largest absolute Gasteiger partial charge is 0.357 e. The third-order valence-corrected chi connectivity index (χ3v) is 5.63. The predicted octanol–water partition coefficient (Wildman–Crippen LogP) is 3.47. The van der Waals surface area contributed by atoms with Crippen LogP contribution in [0.2, 0.25) is 0 Å². The zero-order valence-electron chi connectivity index (χ0n) is 18.4. The van der Waals surface area contributed by atoms with Crippen molar-refractivity contribution in [2.45, 2.75) is 58.9 Å². The van der Waals surface area contributed by atoms with Gasteiger partial charge in [0.15, 0.2) is 5.96 Å². The zero-order valence-corrected chi connectivity index (χ0v) is 20.7. The van der Waals surface area contributed by atoms with Crippen molar-refractivity contribution in [2.75, 3.05) is 26.7 Å². The van der Waals surface area contributed by atoms with Gasteiger partial charge in [-0.15, -0.1) is 24.0 Å². The van der Waals surface area contributed by atoms with Gasteiger partial charge in [-0.25, -0.2) is 4.99 Å². The third-order valence-electron chi connectivity index (χ3n) is 5.63. The second-order valence-electron chi connectivity index (χ2n) is 8.08. The summed E-state index contributed by atoms with van der Waals surface area (Å²) in [7, 11) is 1.83. The molecule has 7 heteroatoms. The van der Waals surface area contributed by atoms with Crippen LogP contribution in [0.4, 0.5) is 0 Å². The molecule has 0 atom stereocenters. The fourth-order valence-corrected chi connectivity index (χ4v) is 3.66. The van der Waals surface area contributed by atoms with Gasteiger partial charge in [0, 0.05) is 44.5 Å². The molecule has 1 aliphatic rings. The summed E-state index contributed by atoms with van der Waals surface area (Å²) < 4.78 is 0. The Labute approximate surface area is 193 Å². The number of guanidine groups is 1. The average molecular weight is 515 g/mol. The fraction of sp³-hybridized carbons (Fsp3) is 0.682. The number of pyridine rings is 1. The molecule has 0 bridgehead atoms. The number of nitrogens with one attached hydrogen (secondary N) is 2. The first-order chi connectivity index (χ1) is 13.5. The molecule has 1 fully saturated rings. The third kappa shape index (κ3) is 9.31. The van der Waals surface area contributed by atoms with E-state index >= 15 is 0 Å². The van der Waals surface area contributed by atoms with E-state index in [0.717, 1.165) is 36.5 Å². The van der Waals surface area contributed by atoms with Crippen molar-refractivity contribution in [2.24, 2.45) is 16.8 Å². The van der Waals surface area contributed by atoms with Crippen LogP contribution in [0.15, 0.2) is 29.4 Å². The first-order valence-corrected chi connectivity index (χ1v) is 10.7. The summed E-state index contributed by atoms with van der Waals surface area (Å²) in [5.41, 5.74) is 0.998. The van der Waals surface area contributed by atoms with E-state index in [0.29, 0.717) is 12.6 Å². The van der Waals surface area contributed by atoms with Crippen LogP contribution in [0.1, 0.15) is 52.1 Å². The van der Waals surface area contributed by atoms with Gasteiger partial charge >= 0.3 is 0 Å². The SMILES string of the molecule is CCNC(=NCC(=O)N(C)CCc1ccccn1)NC1CCC(C(C)C)CC1.I. The van der Waals surface area contributed by atoms with Gasteiger partial charge in [0.25, 0.3) is 0 Å². The average Bonchev–Trinajstić information content (AvgIpc) is 2.71. The molecule has 29 heavy (non-hydrogen) atoms. The highest BCUT2D eigenvalue weighted by atomic mass is 127. The maximum Gasteiger partial charge on any atom is 0.244 e. The second-order valence-corrected chi connectivity index (χ2v) is 8.08. The molecule has 1 aromatic heterocycles. The van der Waals surface area contributed by atoms with Gasteiger partial charge < -0.3 is 15.5 Å². The van der Waals surface area contributed by atoms with Gasteiger partial charge in [0.1, 0.15) is 6.54 Å². The highest BCUT2D eigenvalue weighted by molar-refractivity contribution is 14.0. The molecule has 1 aliphatic carbocycles. The van der Waals surface area contributed by atoms with E-state index in [1.807, 2.05) is 32.2 Å². The van der Waals surface area contributed by atoms with Crippen molar-refractivity contribution >= 4 is 35.8 Å². The first-order valence-electron chi connectivity index (χ1n) is 10.7. The molecular formula is C22H38IN5O. The molecule has 1 aromatic rings. The molecule has 2 N–H and O–H groups in total. The summed E-state index contributed by atoms with van der Waals surface area (Å²) in [6, 6.07) is 6.30. The minimum Gasteiger partial charge on any atom is -0.357 e. The summed E-state index contributed by atoms with van der Waals surface area (Å²) >= 11 is 0. The van der Waals surface area contributed by atoms with Crippen molar-refractivity contribution < 1.29 is 4.79 Å². The molecule has 0 aromatic carbocycles. The molecule has 1 heterocycles. The fourth-order valence-electron chi connectivity index (χ4n) is 3.66. The number of amides is 1. The summed E-state index contributed by atoms with van der Waals surface area (Å²) in [5.74, 6) is 2.38. The lowest BCUT2D eigenvalue weighted by Crippen LogP contribution is -2.45. The van der Waals surface area contributed by atoms with Crippen molar-refractivity contribution in [3.05, 3.63) is 30.1 Å². The van der Waals surface area contributed by atoms with Crippen LogP contribution in [-0.4, -0.2) is 54.5 Å². The molecule has 6 nitrogen and oxygen atoms in total. The molecule has 1 saturated carbocycles. The molecule has 2 rings (SSSR count). The number of nitrogens with zero attached hydrogens (tertiary/aromatic N) is 3. The Morgan fingerprint density at radius 3 is 2.59 bits per heavy atom. The Morgan fingerprint density at radius 1 is 1.28 bits per heavy atom. The minimum atomic E-state index is 0. The lowest BCUT2D eigenvalue weighted by atomic mass is 9.80. The Bertz CT molecular complexity index is 615. The first kappa shape index (κ1) is 25.7. The predicted molar refractivity (Wildman–Crippen MR) is 131 cm³/mol. The number of aromatic nitrogens is 1. The van der Waals surface area contributed by atoms with E-state index in [9.17, 15) is 4.79 Å². The number of halogens is 1. The highest BCUT2D eigenvalue weighted by Crippen LogP contribution is 2.29. The maximum atomic E-state index is 12.4. The summed E-state index contributed by atoms with van der Waals surface area (Å²) in [6.07, 6.45) is 7.42. The normalized spacial score (nSPS) is 19.4. The van der Waals surface area contributed by atoms with Gasteiger partial charge in [-0.05, 0) is 56.6 Å². The van der Waals surface area contributed by atoms with Gasteiger partial charge in [-0.3, -0.25) is 9.78 Å². The van der Waals surface area contributed by atoms with E-state index in [1.54, 1.807) is 11.1 Å². The quantitative estimate of drug-likeness (QED) is 0.316. The van der Waals surface area contributed by atoms with Crippen LogP contribution in [0.5, 0.6) is 0 Å². The van der Waals surface area contributed by atoms with Crippen molar-refractivity contribution in [3.8, 4) is 0 Å². The second kappa shape index (κ2) is 13.8. The minimum absolute atomic E-state index is 0. The summed E-state index contributed by atoms with van der Waals surface area (Å²) in [5, 5.41) is 6.80. The number of rotatable bonds is 8. The number of hydrogen-bond acceptors (Lipinski definition) is 3.